The van der Waals surface area contributed by atoms with E-state index in [1.54, 1.807) is 0 Å². The molecule has 3 aromatic carbocycles. The molecular formula is C26H22N2. The summed E-state index contributed by atoms with van der Waals surface area (Å²) in [7, 11) is 0. The molecule has 0 saturated carbocycles. The molecule has 0 saturated heterocycles. The molecule has 0 N–H and O–H groups in total. The molecule has 0 atom stereocenters. The van der Waals surface area contributed by atoms with Crippen molar-refractivity contribution in [3.8, 4) is 0 Å². The highest BCUT2D eigenvalue weighted by atomic mass is 14.9. The number of para-hydroxylation sites is 1. The van der Waals surface area contributed by atoms with Gasteiger partial charge in [0, 0.05) is 27.7 Å². The number of hydrogen-bond acceptors (Lipinski definition) is 1. The van der Waals surface area contributed by atoms with E-state index in [-0.39, 0.29) is 5.41 Å². The van der Waals surface area contributed by atoms with Gasteiger partial charge in [0.15, 0.2) is 0 Å². The molecular weight excluding hydrogens is 340 g/mol. The Balaban J connectivity index is 2.11. The largest absolute Gasteiger partial charge is 0.308 e. The van der Waals surface area contributed by atoms with Crippen LogP contribution in [0.3, 0.4) is 0 Å². The minimum absolute atomic E-state index is 0.0357. The Kier molecular flexibility index (Phi) is 2.85. The Labute approximate surface area is 163 Å². The van der Waals surface area contributed by atoms with Crippen LogP contribution in [0, 0.1) is 6.92 Å². The Morgan fingerprint density at radius 3 is 2.46 bits per heavy atom. The van der Waals surface area contributed by atoms with Crippen LogP contribution in [0.25, 0.3) is 49.0 Å². The van der Waals surface area contributed by atoms with Crippen LogP contribution in [0.1, 0.15) is 31.9 Å². The van der Waals surface area contributed by atoms with Crippen LogP contribution >= 0.6 is 0 Å². The highest BCUT2D eigenvalue weighted by Gasteiger charge is 2.24. The minimum atomic E-state index is 0.0357. The van der Waals surface area contributed by atoms with Crippen LogP contribution in [0.4, 0.5) is 0 Å². The number of aryl methyl sites for hydroxylation is 1. The summed E-state index contributed by atoms with van der Waals surface area (Å²) in [4.78, 5) is 4.88. The van der Waals surface area contributed by atoms with E-state index in [0.717, 1.165) is 5.52 Å². The van der Waals surface area contributed by atoms with Crippen LogP contribution < -0.4 is 0 Å². The summed E-state index contributed by atoms with van der Waals surface area (Å²) < 4.78 is 2.50. The molecule has 0 aliphatic carbocycles. The minimum Gasteiger partial charge on any atom is -0.308 e. The van der Waals surface area contributed by atoms with Crippen molar-refractivity contribution in [3.63, 3.8) is 0 Å². The first kappa shape index (κ1) is 15.9. The quantitative estimate of drug-likeness (QED) is 0.210. The van der Waals surface area contributed by atoms with Gasteiger partial charge in [0.25, 0.3) is 0 Å². The number of nitrogens with zero attached hydrogens (tertiary/aromatic N) is 2. The highest BCUT2D eigenvalue weighted by Crippen LogP contribution is 2.43. The van der Waals surface area contributed by atoms with Gasteiger partial charge in [0.1, 0.15) is 0 Å². The summed E-state index contributed by atoms with van der Waals surface area (Å²) >= 11 is 0. The molecule has 28 heavy (non-hydrogen) atoms. The van der Waals surface area contributed by atoms with Crippen molar-refractivity contribution < 1.29 is 0 Å². The smallest absolute Gasteiger partial charge is 0.0822 e. The number of aromatic nitrogens is 2. The predicted octanol–water partition coefficient (Wildman–Crippen LogP) is 6.99. The zero-order valence-corrected chi connectivity index (χ0v) is 16.7. The van der Waals surface area contributed by atoms with Gasteiger partial charge >= 0.3 is 0 Å². The summed E-state index contributed by atoms with van der Waals surface area (Å²) in [5.74, 6) is 0. The molecule has 0 bridgehead atoms. The maximum Gasteiger partial charge on any atom is 0.0822 e. The lowest BCUT2D eigenvalue weighted by Gasteiger charge is -2.24. The maximum atomic E-state index is 4.88. The third-order valence-electron chi connectivity index (χ3n) is 6.10. The molecule has 6 rings (SSSR count). The van der Waals surface area contributed by atoms with Crippen LogP contribution in [-0.4, -0.2) is 9.38 Å². The standard InChI is InChI=1S/C26H22N2/c1-15-13-19-23-22-16(11-12-27-23)9-10-18-17-7-5-6-8-21(17)28(25(18)22)24(19)20(14-15)26(2,3)4/h5-14H,1-4H3. The third-order valence-corrected chi connectivity index (χ3v) is 6.10. The first-order valence-electron chi connectivity index (χ1n) is 9.92. The van der Waals surface area contributed by atoms with Crippen molar-refractivity contribution in [3.05, 3.63) is 71.9 Å². The van der Waals surface area contributed by atoms with Crippen molar-refractivity contribution in [1.29, 1.82) is 0 Å². The molecule has 2 nitrogen and oxygen atoms in total. The highest BCUT2D eigenvalue weighted by molar-refractivity contribution is 6.27. The van der Waals surface area contributed by atoms with Gasteiger partial charge in [-0.2, -0.15) is 0 Å². The van der Waals surface area contributed by atoms with Crippen LogP contribution in [0.2, 0.25) is 0 Å². The Morgan fingerprint density at radius 1 is 0.821 bits per heavy atom. The lowest BCUT2D eigenvalue weighted by Crippen LogP contribution is -2.14. The van der Waals surface area contributed by atoms with E-state index in [1.165, 1.54) is 54.6 Å². The molecule has 136 valence electrons. The van der Waals surface area contributed by atoms with Gasteiger partial charge in [-0.15, -0.1) is 0 Å². The van der Waals surface area contributed by atoms with E-state index in [0.29, 0.717) is 0 Å². The van der Waals surface area contributed by atoms with Gasteiger partial charge in [0.2, 0.25) is 0 Å². The fraction of sp³-hybridized carbons (Fsp3) is 0.192. The van der Waals surface area contributed by atoms with Crippen LogP contribution in [0.5, 0.6) is 0 Å². The van der Waals surface area contributed by atoms with Crippen molar-refractivity contribution in [2.75, 3.05) is 0 Å². The van der Waals surface area contributed by atoms with Crippen molar-refractivity contribution >= 4 is 49.0 Å². The molecule has 0 aliphatic heterocycles. The first-order chi connectivity index (χ1) is 13.4. The summed E-state index contributed by atoms with van der Waals surface area (Å²) in [6, 6.07) is 20.1. The lowest BCUT2D eigenvalue weighted by molar-refractivity contribution is 0.594. The number of pyridine rings is 2. The molecule has 0 unspecified atom stereocenters. The SMILES string of the molecule is Cc1cc(C(C)(C)C)c2c(c1)c1nccc3ccc4c5ccccc5n2c4c31. The van der Waals surface area contributed by atoms with E-state index in [1.807, 2.05) is 6.20 Å². The van der Waals surface area contributed by atoms with E-state index < -0.39 is 0 Å². The molecule has 0 amide bonds. The maximum absolute atomic E-state index is 4.88. The zero-order valence-electron chi connectivity index (χ0n) is 16.7. The topological polar surface area (TPSA) is 17.3 Å². The molecule has 6 aromatic rings. The van der Waals surface area contributed by atoms with E-state index in [4.69, 9.17) is 4.98 Å². The molecule has 3 heterocycles. The van der Waals surface area contributed by atoms with E-state index >= 15 is 0 Å². The average Bonchev–Trinajstić information content (AvgIpc) is 3.01. The number of fused-ring (bicyclic) bond motifs is 6. The second-order valence-electron chi connectivity index (χ2n) is 9.03. The molecule has 0 radical (unpaired) electrons. The molecule has 2 heteroatoms. The molecule has 0 fully saturated rings. The number of benzene rings is 3. The van der Waals surface area contributed by atoms with Crippen LogP contribution in [-0.2, 0) is 5.41 Å². The van der Waals surface area contributed by atoms with E-state index in [2.05, 4.69) is 86.7 Å². The molecule has 3 aromatic heterocycles. The number of rotatable bonds is 0. The molecule has 0 aliphatic rings. The van der Waals surface area contributed by atoms with Gasteiger partial charge in [-0.25, -0.2) is 0 Å². The molecule has 0 spiro atoms. The summed E-state index contributed by atoms with van der Waals surface area (Å²) in [6.45, 7) is 9.11. The Bertz CT molecular complexity index is 1540. The predicted molar refractivity (Wildman–Crippen MR) is 120 cm³/mol. The fourth-order valence-corrected chi connectivity index (χ4v) is 4.93. The average molecular weight is 362 g/mol. The Morgan fingerprint density at radius 2 is 1.64 bits per heavy atom. The number of hydrogen-bond donors (Lipinski definition) is 0. The van der Waals surface area contributed by atoms with E-state index in [9.17, 15) is 0 Å². The Hall–Kier alpha value is -3.13. The lowest BCUT2D eigenvalue weighted by atomic mass is 9.84. The monoisotopic (exact) mass is 362 g/mol. The summed E-state index contributed by atoms with van der Waals surface area (Å²) in [5.41, 5.74) is 7.67. The third kappa shape index (κ3) is 1.85. The second kappa shape index (κ2) is 5.02. The van der Waals surface area contributed by atoms with Gasteiger partial charge in [-0.1, -0.05) is 62.7 Å². The first-order valence-corrected chi connectivity index (χ1v) is 9.92. The van der Waals surface area contributed by atoms with Gasteiger partial charge in [-0.3, -0.25) is 4.98 Å². The van der Waals surface area contributed by atoms with Crippen molar-refractivity contribution in [2.45, 2.75) is 33.1 Å². The summed E-state index contributed by atoms with van der Waals surface area (Å²) in [6.07, 6.45) is 1.95. The van der Waals surface area contributed by atoms with Gasteiger partial charge < -0.3 is 4.40 Å². The van der Waals surface area contributed by atoms with Crippen LogP contribution in [0.15, 0.2) is 60.8 Å². The zero-order chi connectivity index (χ0) is 19.2. The normalized spacial score (nSPS) is 13.0. The van der Waals surface area contributed by atoms with Crippen molar-refractivity contribution in [1.82, 2.24) is 9.38 Å². The summed E-state index contributed by atoms with van der Waals surface area (Å²) in [5, 5.41) is 6.39. The van der Waals surface area contributed by atoms with Gasteiger partial charge in [0.05, 0.1) is 22.1 Å². The van der Waals surface area contributed by atoms with Gasteiger partial charge in [-0.05, 0) is 41.5 Å². The van der Waals surface area contributed by atoms with Crippen molar-refractivity contribution in [2.24, 2.45) is 0 Å². The second-order valence-corrected chi connectivity index (χ2v) is 9.03. The fourth-order valence-electron chi connectivity index (χ4n) is 4.93.